The number of hydrogen-bond donors (Lipinski definition) is 1. The van der Waals surface area contributed by atoms with E-state index in [1.807, 2.05) is 26.0 Å². The van der Waals surface area contributed by atoms with Gasteiger partial charge in [0.05, 0.1) is 17.7 Å². The fourth-order valence-corrected chi connectivity index (χ4v) is 5.95. The molecule has 1 aliphatic carbocycles. The number of aromatic nitrogens is 2. The first-order valence-electron chi connectivity index (χ1n) is 9.38. The van der Waals surface area contributed by atoms with Crippen LogP contribution in [0.25, 0.3) is 15.9 Å². The first-order valence-corrected chi connectivity index (χ1v) is 11.2. The molecule has 0 amide bonds. The Morgan fingerprint density at radius 2 is 2.19 bits per heavy atom. The number of rotatable bonds is 4. The Morgan fingerprint density at radius 1 is 1.37 bits per heavy atom. The molecule has 1 aliphatic rings. The van der Waals surface area contributed by atoms with Crippen LogP contribution in [0.15, 0.2) is 28.2 Å². The first-order chi connectivity index (χ1) is 13.0. The van der Waals surface area contributed by atoms with Crippen LogP contribution in [-0.4, -0.2) is 27.0 Å². The summed E-state index contributed by atoms with van der Waals surface area (Å²) in [5.41, 5.74) is 4.29. The highest BCUT2D eigenvalue weighted by Gasteiger charge is 2.25. The van der Waals surface area contributed by atoms with E-state index in [0.29, 0.717) is 16.8 Å². The van der Waals surface area contributed by atoms with Gasteiger partial charge in [-0.2, -0.15) is 0 Å². The van der Waals surface area contributed by atoms with E-state index in [1.165, 1.54) is 22.2 Å². The molecular formula is C21H24N2O2S2. The highest BCUT2D eigenvalue weighted by molar-refractivity contribution is 7.99. The fraction of sp³-hybridized carbons (Fsp3) is 0.429. The maximum absolute atomic E-state index is 13.6. The molecule has 4 rings (SSSR count). The number of aliphatic hydroxyl groups excluding tert-OH is 1. The molecule has 2 heterocycles. The second kappa shape index (κ2) is 7.41. The van der Waals surface area contributed by atoms with Crippen molar-refractivity contribution < 1.29 is 5.11 Å². The Hall–Kier alpha value is -1.63. The monoisotopic (exact) mass is 400 g/mol. The molecule has 1 aromatic carbocycles. The zero-order chi connectivity index (χ0) is 19.1. The second-order valence-electron chi connectivity index (χ2n) is 7.43. The number of benzene rings is 1. The number of fused-ring (bicyclic) bond motifs is 3. The Bertz CT molecular complexity index is 1070. The standard InChI is InChI=1S/C21H24N2O2S2/c1-12-4-6-14(3)16(10-12)23-20(25)18-15-7-5-13(2)11-17(15)27-19(18)22-21(23)26-9-8-24/h4,6,10,13,24H,5,7-9,11H2,1-3H3/t13-/m1/s1. The molecule has 0 unspecified atom stereocenters. The maximum Gasteiger partial charge on any atom is 0.267 e. The molecule has 6 heteroatoms. The Morgan fingerprint density at radius 3 is 2.96 bits per heavy atom. The van der Waals surface area contributed by atoms with Crippen molar-refractivity contribution in [2.75, 3.05) is 12.4 Å². The minimum absolute atomic E-state index is 0.0289. The average Bonchev–Trinajstić information content (AvgIpc) is 2.99. The minimum Gasteiger partial charge on any atom is -0.396 e. The van der Waals surface area contributed by atoms with Gasteiger partial charge in [-0.1, -0.05) is 30.8 Å². The lowest BCUT2D eigenvalue weighted by atomic mass is 9.89. The van der Waals surface area contributed by atoms with Crippen LogP contribution in [0.2, 0.25) is 0 Å². The van der Waals surface area contributed by atoms with Crippen molar-refractivity contribution in [1.82, 2.24) is 9.55 Å². The molecule has 1 N–H and O–H groups in total. The summed E-state index contributed by atoms with van der Waals surface area (Å²) >= 11 is 3.12. The lowest BCUT2D eigenvalue weighted by Gasteiger charge is -2.18. The summed E-state index contributed by atoms with van der Waals surface area (Å²) in [5.74, 6) is 1.18. The molecule has 4 nitrogen and oxygen atoms in total. The number of aliphatic hydroxyl groups is 1. The van der Waals surface area contributed by atoms with Gasteiger partial charge in [0, 0.05) is 10.6 Å². The predicted octanol–water partition coefficient (Wildman–Crippen LogP) is 4.27. The Kier molecular flexibility index (Phi) is 5.14. The van der Waals surface area contributed by atoms with E-state index < -0.39 is 0 Å². The van der Waals surface area contributed by atoms with Gasteiger partial charge < -0.3 is 5.11 Å². The van der Waals surface area contributed by atoms with E-state index in [1.54, 1.807) is 15.9 Å². The van der Waals surface area contributed by atoms with E-state index in [9.17, 15) is 9.90 Å². The molecule has 2 aromatic heterocycles. The van der Waals surface area contributed by atoms with Crippen LogP contribution in [0.5, 0.6) is 0 Å². The van der Waals surface area contributed by atoms with Gasteiger partial charge in [-0.25, -0.2) is 4.98 Å². The Balaban J connectivity index is 2.02. The predicted molar refractivity (Wildman–Crippen MR) is 114 cm³/mol. The number of nitrogens with zero attached hydrogens (tertiary/aromatic N) is 2. The van der Waals surface area contributed by atoms with Crippen molar-refractivity contribution in [2.45, 2.75) is 45.2 Å². The lowest BCUT2D eigenvalue weighted by molar-refractivity contribution is 0.322. The fourth-order valence-electron chi connectivity index (χ4n) is 3.78. The molecule has 142 valence electrons. The smallest absolute Gasteiger partial charge is 0.267 e. The van der Waals surface area contributed by atoms with Gasteiger partial charge in [0.25, 0.3) is 5.56 Å². The SMILES string of the molecule is Cc1ccc(C)c(-n2c(SCCO)nc3sc4c(c3c2=O)CC[C@@H](C)C4)c1. The van der Waals surface area contributed by atoms with Gasteiger partial charge >= 0.3 is 0 Å². The van der Waals surface area contributed by atoms with E-state index in [2.05, 4.69) is 13.0 Å². The van der Waals surface area contributed by atoms with E-state index in [0.717, 1.165) is 46.3 Å². The van der Waals surface area contributed by atoms with E-state index in [4.69, 9.17) is 4.98 Å². The van der Waals surface area contributed by atoms with Gasteiger partial charge in [-0.3, -0.25) is 9.36 Å². The van der Waals surface area contributed by atoms with Crippen LogP contribution in [0.1, 0.15) is 34.9 Å². The van der Waals surface area contributed by atoms with Crippen LogP contribution in [0, 0.1) is 19.8 Å². The van der Waals surface area contributed by atoms with Crippen molar-refractivity contribution >= 4 is 33.3 Å². The quantitative estimate of drug-likeness (QED) is 0.525. The molecule has 0 bridgehead atoms. The van der Waals surface area contributed by atoms with Gasteiger partial charge in [0.15, 0.2) is 5.16 Å². The molecule has 0 fully saturated rings. The number of hydrogen-bond acceptors (Lipinski definition) is 5. The van der Waals surface area contributed by atoms with Crippen molar-refractivity contribution in [3.8, 4) is 5.69 Å². The highest BCUT2D eigenvalue weighted by Crippen LogP contribution is 2.37. The number of thioether (sulfide) groups is 1. The van der Waals surface area contributed by atoms with Crippen LogP contribution < -0.4 is 5.56 Å². The lowest BCUT2D eigenvalue weighted by Crippen LogP contribution is -2.23. The molecular weight excluding hydrogens is 376 g/mol. The van der Waals surface area contributed by atoms with Crippen molar-refractivity contribution in [3.05, 3.63) is 50.1 Å². The Labute approximate surface area is 167 Å². The molecule has 27 heavy (non-hydrogen) atoms. The normalized spacial score (nSPS) is 16.7. The molecule has 1 atom stereocenters. The van der Waals surface area contributed by atoms with E-state index >= 15 is 0 Å². The zero-order valence-corrected chi connectivity index (χ0v) is 17.5. The molecule has 3 aromatic rings. The van der Waals surface area contributed by atoms with Crippen molar-refractivity contribution in [2.24, 2.45) is 5.92 Å². The minimum atomic E-state index is 0.0289. The summed E-state index contributed by atoms with van der Waals surface area (Å²) in [5, 5.41) is 10.8. The van der Waals surface area contributed by atoms with Crippen LogP contribution in [-0.2, 0) is 12.8 Å². The van der Waals surface area contributed by atoms with E-state index in [-0.39, 0.29) is 12.2 Å². The zero-order valence-electron chi connectivity index (χ0n) is 15.9. The summed E-state index contributed by atoms with van der Waals surface area (Å²) < 4.78 is 1.76. The summed E-state index contributed by atoms with van der Waals surface area (Å²) in [4.78, 5) is 20.7. The summed E-state index contributed by atoms with van der Waals surface area (Å²) in [6.45, 7) is 6.40. The van der Waals surface area contributed by atoms with Crippen LogP contribution >= 0.6 is 23.1 Å². The molecule has 0 saturated heterocycles. The van der Waals surface area contributed by atoms with Crippen molar-refractivity contribution in [3.63, 3.8) is 0 Å². The van der Waals surface area contributed by atoms with Gasteiger partial charge in [-0.15, -0.1) is 11.3 Å². The second-order valence-corrected chi connectivity index (χ2v) is 9.57. The molecule has 0 aliphatic heterocycles. The highest BCUT2D eigenvalue weighted by atomic mass is 32.2. The number of thiophene rings is 1. The molecule has 0 radical (unpaired) electrons. The third-order valence-electron chi connectivity index (χ3n) is 5.23. The van der Waals surface area contributed by atoms with Gasteiger partial charge in [0.2, 0.25) is 0 Å². The van der Waals surface area contributed by atoms with Gasteiger partial charge in [0.1, 0.15) is 4.83 Å². The third kappa shape index (κ3) is 3.35. The number of aryl methyl sites for hydroxylation is 3. The summed E-state index contributed by atoms with van der Waals surface area (Å²) in [6, 6.07) is 6.16. The van der Waals surface area contributed by atoms with Crippen LogP contribution in [0.3, 0.4) is 0 Å². The third-order valence-corrected chi connectivity index (χ3v) is 7.29. The average molecular weight is 401 g/mol. The topological polar surface area (TPSA) is 55.1 Å². The summed E-state index contributed by atoms with van der Waals surface area (Å²) in [6.07, 6.45) is 3.13. The van der Waals surface area contributed by atoms with Gasteiger partial charge in [-0.05, 0) is 61.8 Å². The summed E-state index contributed by atoms with van der Waals surface area (Å²) in [7, 11) is 0. The molecule has 0 saturated carbocycles. The van der Waals surface area contributed by atoms with Crippen LogP contribution in [0.4, 0.5) is 0 Å². The van der Waals surface area contributed by atoms with Crippen molar-refractivity contribution in [1.29, 1.82) is 0 Å². The largest absolute Gasteiger partial charge is 0.396 e. The maximum atomic E-state index is 13.6. The molecule has 0 spiro atoms. The first kappa shape index (κ1) is 18.7.